The molecule has 3 heteroatoms. The minimum absolute atomic E-state index is 0.0325. The predicted molar refractivity (Wildman–Crippen MR) is 122 cm³/mol. The van der Waals surface area contributed by atoms with E-state index in [0.29, 0.717) is 0 Å². The molecule has 1 saturated heterocycles. The lowest BCUT2D eigenvalue weighted by Gasteiger charge is -2.35. The molecular weight excluding hydrogens is 344 g/mol. The molecule has 0 spiro atoms. The second-order valence-electron chi connectivity index (χ2n) is 9.28. The third kappa shape index (κ3) is 6.39. The highest BCUT2D eigenvalue weighted by atomic mass is 16.2. The summed E-state index contributed by atoms with van der Waals surface area (Å²) in [6, 6.07) is 6.97. The van der Waals surface area contributed by atoms with Crippen LogP contribution in [0.2, 0.25) is 0 Å². The molecule has 0 radical (unpaired) electrons. The van der Waals surface area contributed by atoms with Crippen molar-refractivity contribution in [2.45, 2.75) is 93.0 Å². The molecule has 1 aliphatic heterocycles. The Morgan fingerprint density at radius 3 is 2.14 bits per heavy atom. The number of benzene rings is 1. The van der Waals surface area contributed by atoms with Gasteiger partial charge in [-0.25, -0.2) is 4.79 Å². The Labute approximate surface area is 173 Å². The van der Waals surface area contributed by atoms with Crippen LogP contribution in [0.15, 0.2) is 30.5 Å². The first kappa shape index (κ1) is 24.3. The molecule has 0 unspecified atom stereocenters. The quantitative estimate of drug-likeness (QED) is 0.618. The number of amides is 2. The molecule has 0 saturated carbocycles. The molecule has 1 N–H and O–H groups in total. The Hall–Kier alpha value is -1.77. The van der Waals surface area contributed by atoms with Crippen LogP contribution >= 0.6 is 0 Å². The lowest BCUT2D eigenvalue weighted by atomic mass is 9.90. The average molecular weight is 387 g/mol. The highest BCUT2D eigenvalue weighted by Crippen LogP contribution is 2.30. The number of carbonyl (C=O) groups excluding carboxylic acids is 1. The van der Waals surface area contributed by atoms with Gasteiger partial charge in [0.05, 0.1) is 5.54 Å². The van der Waals surface area contributed by atoms with Crippen molar-refractivity contribution in [1.29, 1.82) is 0 Å². The van der Waals surface area contributed by atoms with Gasteiger partial charge in [-0.2, -0.15) is 0 Å². The molecule has 28 heavy (non-hydrogen) atoms. The smallest absolute Gasteiger partial charge is 0.313 e. The number of hydrogen-bond acceptors (Lipinski definition) is 1. The maximum atomic E-state index is 11.6. The van der Waals surface area contributed by atoms with E-state index < -0.39 is 0 Å². The van der Waals surface area contributed by atoms with Gasteiger partial charge in [0.1, 0.15) is 0 Å². The molecule has 3 rings (SSSR count). The molecule has 2 aliphatic rings. The molecule has 0 aromatic heterocycles. The van der Waals surface area contributed by atoms with Crippen LogP contribution in [0.4, 0.5) is 4.79 Å². The first-order valence-electron chi connectivity index (χ1n) is 10.9. The summed E-state index contributed by atoms with van der Waals surface area (Å²) in [7, 11) is 0. The van der Waals surface area contributed by atoms with Crippen LogP contribution in [0.25, 0.3) is 0 Å². The molecule has 1 aromatic rings. The second-order valence-corrected chi connectivity index (χ2v) is 9.28. The van der Waals surface area contributed by atoms with E-state index in [-0.39, 0.29) is 17.0 Å². The zero-order chi connectivity index (χ0) is 21.5. The summed E-state index contributed by atoms with van der Waals surface area (Å²) in [4.78, 5) is 13.5. The lowest BCUT2D eigenvalue weighted by Crippen LogP contribution is -2.45. The summed E-state index contributed by atoms with van der Waals surface area (Å²) in [5.41, 5.74) is 5.32. The summed E-state index contributed by atoms with van der Waals surface area (Å²) >= 11 is 0. The van der Waals surface area contributed by atoms with Crippen molar-refractivity contribution >= 4 is 6.03 Å². The zero-order valence-corrected chi connectivity index (χ0v) is 19.5. The fraction of sp³-hybridized carbons (Fsp3) is 0.640. The topological polar surface area (TPSA) is 32.3 Å². The second kappa shape index (κ2) is 10.1. The number of hydrogen-bond donors (Lipinski definition) is 1. The zero-order valence-electron chi connectivity index (χ0n) is 19.5. The summed E-state index contributed by atoms with van der Waals surface area (Å²) in [6.45, 7) is 21.2. The van der Waals surface area contributed by atoms with Gasteiger partial charge in [0.2, 0.25) is 0 Å². The molecule has 1 aromatic carbocycles. The van der Waals surface area contributed by atoms with Crippen molar-refractivity contribution in [3.05, 3.63) is 47.2 Å². The molecule has 3 nitrogen and oxygen atoms in total. The Balaban J connectivity index is 0.000000259. The van der Waals surface area contributed by atoms with Crippen LogP contribution in [0.5, 0.6) is 0 Å². The number of aryl methyl sites for hydroxylation is 3. The highest BCUT2D eigenvalue weighted by Gasteiger charge is 2.42. The normalized spacial score (nSPS) is 17.6. The number of nitrogens with one attached hydrogen (secondary N) is 1. The first-order chi connectivity index (χ1) is 13.0. The van der Waals surface area contributed by atoms with Crippen molar-refractivity contribution in [3.8, 4) is 0 Å². The van der Waals surface area contributed by atoms with Gasteiger partial charge in [-0.05, 0) is 68.1 Å². The molecule has 1 aliphatic carbocycles. The Morgan fingerprint density at radius 2 is 1.68 bits per heavy atom. The maximum absolute atomic E-state index is 11.6. The fourth-order valence-corrected chi connectivity index (χ4v) is 3.52. The van der Waals surface area contributed by atoms with E-state index in [2.05, 4.69) is 57.8 Å². The van der Waals surface area contributed by atoms with E-state index >= 15 is 0 Å². The van der Waals surface area contributed by atoms with Crippen LogP contribution < -0.4 is 5.32 Å². The molecule has 2 amide bonds. The van der Waals surface area contributed by atoms with Gasteiger partial charge in [-0.3, -0.25) is 0 Å². The van der Waals surface area contributed by atoms with E-state index in [4.69, 9.17) is 0 Å². The average Bonchev–Trinajstić information content (AvgIpc) is 2.84. The van der Waals surface area contributed by atoms with E-state index in [9.17, 15) is 4.79 Å². The van der Waals surface area contributed by atoms with Crippen LogP contribution in [-0.4, -0.2) is 23.0 Å². The monoisotopic (exact) mass is 386 g/mol. The number of nitrogens with zero attached hydrogens (tertiary/aromatic N) is 1. The van der Waals surface area contributed by atoms with Crippen molar-refractivity contribution < 1.29 is 4.79 Å². The SMILES string of the molecule is C=C1NC(=O)N(CC(C)(C)C)C1(C)C.CC.CCc1ccc2c(c1)CCCC2. The van der Waals surface area contributed by atoms with Gasteiger partial charge in [-0.15, -0.1) is 0 Å². The Kier molecular flexibility index (Phi) is 8.78. The van der Waals surface area contributed by atoms with E-state index in [1.54, 1.807) is 11.1 Å². The van der Waals surface area contributed by atoms with Gasteiger partial charge in [0.25, 0.3) is 0 Å². The Bertz CT molecular complexity index is 668. The number of carbonyl (C=O) groups is 1. The molecule has 158 valence electrons. The minimum Gasteiger partial charge on any atom is -0.313 e. The van der Waals surface area contributed by atoms with Crippen molar-refractivity contribution in [1.82, 2.24) is 10.2 Å². The number of urea groups is 1. The predicted octanol–water partition coefficient (Wildman–Crippen LogP) is 6.50. The van der Waals surface area contributed by atoms with Crippen LogP contribution in [0, 0.1) is 5.41 Å². The van der Waals surface area contributed by atoms with Crippen LogP contribution in [0.3, 0.4) is 0 Å². The van der Waals surface area contributed by atoms with Gasteiger partial charge >= 0.3 is 6.03 Å². The van der Waals surface area contributed by atoms with E-state index in [0.717, 1.165) is 12.2 Å². The van der Waals surface area contributed by atoms with Gasteiger partial charge < -0.3 is 10.2 Å². The summed E-state index contributed by atoms with van der Waals surface area (Å²) in [5, 5.41) is 2.77. The van der Waals surface area contributed by atoms with Crippen LogP contribution in [-0.2, 0) is 19.3 Å². The Morgan fingerprint density at radius 1 is 1.11 bits per heavy atom. The molecule has 0 bridgehead atoms. The molecule has 0 atom stereocenters. The number of fused-ring (bicyclic) bond motifs is 1. The molecule has 1 fully saturated rings. The van der Waals surface area contributed by atoms with Crippen molar-refractivity contribution in [2.24, 2.45) is 5.41 Å². The summed E-state index contributed by atoms with van der Waals surface area (Å²) < 4.78 is 0. The maximum Gasteiger partial charge on any atom is 0.322 e. The summed E-state index contributed by atoms with van der Waals surface area (Å²) in [6.07, 6.45) is 6.56. The lowest BCUT2D eigenvalue weighted by molar-refractivity contribution is 0.148. The standard InChI is InChI=1S/C12H16.C11H20N2O.C2H6/c1-2-10-7-8-11-5-3-4-6-12(11)9-10;1-8-11(5,6)13(9(14)12-8)7-10(2,3)4;1-2/h7-9H,2-6H2,1H3;1,7H2,2-6H3,(H,12,14);1-2H3. The van der Waals surface area contributed by atoms with E-state index in [1.165, 1.54) is 37.7 Å². The third-order valence-electron chi connectivity index (χ3n) is 5.37. The summed E-state index contributed by atoms with van der Waals surface area (Å²) in [5.74, 6) is 0. The van der Waals surface area contributed by atoms with E-state index in [1.807, 2.05) is 32.6 Å². The number of rotatable bonds is 2. The van der Waals surface area contributed by atoms with Crippen molar-refractivity contribution in [2.75, 3.05) is 6.54 Å². The van der Waals surface area contributed by atoms with Gasteiger partial charge in [0.15, 0.2) is 0 Å². The highest BCUT2D eigenvalue weighted by molar-refractivity contribution is 5.81. The molecule has 1 heterocycles. The molecular formula is C25H42N2O. The van der Waals surface area contributed by atoms with Gasteiger partial charge in [-0.1, -0.05) is 66.3 Å². The van der Waals surface area contributed by atoms with Crippen molar-refractivity contribution in [3.63, 3.8) is 0 Å². The first-order valence-corrected chi connectivity index (χ1v) is 10.9. The van der Waals surface area contributed by atoms with Gasteiger partial charge in [0, 0.05) is 12.2 Å². The third-order valence-corrected chi connectivity index (χ3v) is 5.37. The fourth-order valence-electron chi connectivity index (χ4n) is 3.52. The van der Waals surface area contributed by atoms with Crippen LogP contribution in [0.1, 0.15) is 84.9 Å². The minimum atomic E-state index is -0.273. The largest absolute Gasteiger partial charge is 0.322 e.